The zero-order chi connectivity index (χ0) is 66.5. The lowest BCUT2D eigenvalue weighted by Gasteiger charge is -2.28. The number of aromatic nitrogens is 7. The van der Waals surface area contributed by atoms with Gasteiger partial charge >= 0.3 is 11.9 Å². The van der Waals surface area contributed by atoms with Crippen LogP contribution in [0.1, 0.15) is 41.9 Å². The predicted molar refractivity (Wildman–Crippen MR) is 361 cm³/mol. The van der Waals surface area contributed by atoms with E-state index in [0.29, 0.717) is 31.9 Å². The van der Waals surface area contributed by atoms with Gasteiger partial charge in [-0.05, 0) is 145 Å². The number of aryl methyl sites for hydroxylation is 4. The van der Waals surface area contributed by atoms with Crippen molar-refractivity contribution in [2.24, 2.45) is 0 Å². The molecule has 0 saturated heterocycles. The van der Waals surface area contributed by atoms with Gasteiger partial charge in [0.25, 0.3) is 44.5 Å². The molecule has 0 fully saturated rings. The SMILES string of the molecule is C=Cc1nc(-n2c(=O)c3cc4c(=O)n(-c5cccc(N(c6ccc(C)cc6)c6ccc(C)cc6)c5OC(=O)C(=C)C)c(=O)c4cc3c2=O)nc(-n2c(=O)c3cc4c(=O)n(-c5cccc(N(c6ccc(C)cc6)c6ccc(C)cc6)c5OC(=O)C(=C)C)c(=O)c4cc3c2=O)n1. The molecule has 5 aromatic heterocycles. The largest absolute Gasteiger partial charge is 0.419 e. The van der Waals surface area contributed by atoms with Gasteiger partial charge in [-0.25, -0.2) is 27.9 Å². The highest BCUT2D eigenvalue weighted by Gasteiger charge is 2.31. The minimum absolute atomic E-state index is 0.0138. The number of ether oxygens (including phenoxy) is 2. The molecule has 21 nitrogen and oxygen atoms in total. The first-order chi connectivity index (χ1) is 45.0. The molecule has 0 aliphatic heterocycles. The van der Waals surface area contributed by atoms with Gasteiger partial charge in [-0.1, -0.05) is 103 Å². The Morgan fingerprint density at radius 1 is 0.383 bits per heavy atom. The third kappa shape index (κ3) is 9.87. The van der Waals surface area contributed by atoms with Gasteiger partial charge in [0.1, 0.15) is 0 Å². The van der Waals surface area contributed by atoms with Crippen LogP contribution in [0.15, 0.2) is 227 Å². The van der Waals surface area contributed by atoms with E-state index >= 15 is 0 Å². The molecule has 0 spiro atoms. The number of anilines is 6. The van der Waals surface area contributed by atoms with E-state index in [0.717, 1.165) is 61.7 Å². The lowest BCUT2D eigenvalue weighted by atomic mass is 10.1. The fourth-order valence-electron chi connectivity index (χ4n) is 11.3. The summed E-state index contributed by atoms with van der Waals surface area (Å²) in [7, 11) is 0. The van der Waals surface area contributed by atoms with Crippen molar-refractivity contribution in [3.05, 3.63) is 300 Å². The van der Waals surface area contributed by atoms with Crippen molar-refractivity contribution in [3.63, 3.8) is 0 Å². The maximum atomic E-state index is 14.8. The number of fused-ring (bicyclic) bond motifs is 4. The average molecular weight is 1250 g/mol. The summed E-state index contributed by atoms with van der Waals surface area (Å²) in [6.45, 7) is 21.8. The Bertz CT molecular complexity index is 5320. The van der Waals surface area contributed by atoms with Crippen LogP contribution in [0.3, 0.4) is 0 Å². The molecule has 0 saturated carbocycles. The van der Waals surface area contributed by atoms with Crippen LogP contribution in [0.4, 0.5) is 34.1 Å². The zero-order valence-corrected chi connectivity index (χ0v) is 51.1. The van der Waals surface area contributed by atoms with Crippen LogP contribution in [0.5, 0.6) is 11.5 Å². The molecule has 0 atom stereocenters. The first-order valence-electron chi connectivity index (χ1n) is 29.2. The van der Waals surface area contributed by atoms with Gasteiger partial charge in [-0.15, -0.1) is 0 Å². The maximum Gasteiger partial charge on any atom is 0.338 e. The number of hydrogen-bond acceptors (Lipinski definition) is 17. The molecule has 0 radical (unpaired) electrons. The molecule has 13 aromatic rings. The summed E-state index contributed by atoms with van der Waals surface area (Å²) in [5.74, 6) is -3.79. The van der Waals surface area contributed by atoms with Gasteiger partial charge in [0, 0.05) is 33.9 Å². The van der Waals surface area contributed by atoms with Crippen LogP contribution >= 0.6 is 0 Å². The van der Waals surface area contributed by atoms with E-state index in [1.54, 1.807) is 34.1 Å². The van der Waals surface area contributed by atoms with Crippen LogP contribution in [0.25, 0.3) is 72.4 Å². The average Bonchev–Trinajstić information content (AvgIpc) is 1.56. The highest BCUT2D eigenvalue weighted by atomic mass is 16.5. The number of hydrogen-bond donors (Lipinski definition) is 0. The first-order valence-corrected chi connectivity index (χ1v) is 29.2. The van der Waals surface area contributed by atoms with Crippen molar-refractivity contribution in [1.82, 2.24) is 33.2 Å². The van der Waals surface area contributed by atoms with E-state index in [2.05, 4.69) is 34.7 Å². The lowest BCUT2D eigenvalue weighted by molar-refractivity contribution is -0.130. The molecule has 13 rings (SSSR count). The summed E-state index contributed by atoms with van der Waals surface area (Å²) >= 11 is 0. The number of para-hydroxylation sites is 2. The first kappa shape index (κ1) is 60.0. The number of rotatable bonds is 15. The molecule has 460 valence electrons. The van der Waals surface area contributed by atoms with Crippen LogP contribution in [0, 0.1) is 27.7 Å². The smallest absolute Gasteiger partial charge is 0.338 e. The molecule has 0 N–H and O–H groups in total. The molecule has 8 aromatic carbocycles. The molecule has 0 unspecified atom stereocenters. The van der Waals surface area contributed by atoms with Gasteiger partial charge in [0.15, 0.2) is 17.3 Å². The maximum absolute atomic E-state index is 14.8. The van der Waals surface area contributed by atoms with Crippen LogP contribution in [-0.4, -0.2) is 45.2 Å². The van der Waals surface area contributed by atoms with E-state index in [1.165, 1.54) is 26.0 Å². The summed E-state index contributed by atoms with van der Waals surface area (Å²) in [5.41, 5.74) is -1.33. The van der Waals surface area contributed by atoms with Crippen molar-refractivity contribution in [2.45, 2.75) is 41.5 Å². The highest BCUT2D eigenvalue weighted by molar-refractivity contribution is 6.01. The van der Waals surface area contributed by atoms with Crippen LogP contribution in [-0.2, 0) is 9.59 Å². The van der Waals surface area contributed by atoms with E-state index in [-0.39, 0.29) is 94.3 Å². The topological polar surface area (TPSA) is 254 Å². The minimum Gasteiger partial charge on any atom is -0.419 e. The Balaban J connectivity index is 0.920. The number of esters is 2. The summed E-state index contributed by atoms with van der Waals surface area (Å²) in [4.78, 5) is 161. The normalized spacial score (nSPS) is 11.4. The summed E-state index contributed by atoms with van der Waals surface area (Å²) in [6, 6.07) is 43.7. The molecule has 5 heterocycles. The van der Waals surface area contributed by atoms with Crippen molar-refractivity contribution < 1.29 is 19.1 Å². The van der Waals surface area contributed by atoms with E-state index in [4.69, 9.17) is 9.47 Å². The molecule has 0 bridgehead atoms. The Hall–Kier alpha value is -12.9. The quantitative estimate of drug-likeness (QED) is 0.0525. The summed E-state index contributed by atoms with van der Waals surface area (Å²) in [5, 5.41) is -2.52. The van der Waals surface area contributed by atoms with Crippen LogP contribution in [0.2, 0.25) is 0 Å². The Morgan fingerprint density at radius 3 is 0.883 bits per heavy atom. The van der Waals surface area contributed by atoms with Gasteiger partial charge in [0.05, 0.1) is 65.8 Å². The fraction of sp³-hybridized carbons (Fsp3) is 0.0822. The molecule has 94 heavy (non-hydrogen) atoms. The number of benzene rings is 8. The molecule has 0 amide bonds. The molecule has 0 aliphatic rings. The van der Waals surface area contributed by atoms with Crippen LogP contribution < -0.4 is 63.7 Å². The van der Waals surface area contributed by atoms with Gasteiger partial charge < -0.3 is 19.3 Å². The van der Waals surface area contributed by atoms with Crippen molar-refractivity contribution in [1.29, 1.82) is 0 Å². The van der Waals surface area contributed by atoms with Gasteiger partial charge in [0.2, 0.25) is 11.9 Å². The second kappa shape index (κ2) is 22.8. The third-order valence-corrected chi connectivity index (χ3v) is 16.2. The van der Waals surface area contributed by atoms with E-state index in [1.807, 2.05) is 125 Å². The Morgan fingerprint density at radius 2 is 0.638 bits per heavy atom. The number of carbonyl (C=O) groups excluding carboxylic acids is 2. The third-order valence-electron chi connectivity index (χ3n) is 16.2. The predicted octanol–water partition coefficient (Wildman–Crippen LogP) is 10.1. The molecular formula is C73H51N9O12. The van der Waals surface area contributed by atoms with E-state index < -0.39 is 68.3 Å². The number of nitrogens with zero attached hydrogens (tertiary/aromatic N) is 9. The lowest BCUT2D eigenvalue weighted by Crippen LogP contribution is -2.30. The van der Waals surface area contributed by atoms with Crippen molar-refractivity contribution >= 4 is 95.2 Å². The van der Waals surface area contributed by atoms with Gasteiger partial charge in [-0.2, -0.15) is 15.0 Å². The zero-order valence-electron chi connectivity index (χ0n) is 51.1. The highest BCUT2D eigenvalue weighted by Crippen LogP contribution is 2.45. The summed E-state index contributed by atoms with van der Waals surface area (Å²) in [6.07, 6.45) is 1.10. The standard InChI is InChI=1S/C73H51N9O12/c1-10-59-74-72(81-66(87)51-33-47-48(34-52(51)67(81)88)63(84)79(62(47)83)57-15-11-13-55(60(57)93-70(91)37(2)3)77(43-25-17-39(6)18-26-43)44-27-19-40(7)20-28-44)76-73(75-59)82-68(89)53-35-49-50(36-54(53)69(82)90)65(86)80(64(49)85)58-16-12-14-56(61(58)94-71(92)38(4)5)78(45-29-21-41(8)22-30-45)46-31-23-42(9)24-32-46/h10-36H,1-2,4H2,3,5-9H3. The molecular weight excluding hydrogens is 1190 g/mol. The van der Waals surface area contributed by atoms with E-state index in [9.17, 15) is 47.9 Å². The summed E-state index contributed by atoms with van der Waals surface area (Å²) < 4.78 is 14.7. The molecule has 21 heteroatoms. The Kier molecular flexibility index (Phi) is 14.6. The van der Waals surface area contributed by atoms with Crippen molar-refractivity contribution in [3.8, 4) is 34.8 Å². The molecule has 0 aliphatic carbocycles. The van der Waals surface area contributed by atoms with Crippen molar-refractivity contribution in [2.75, 3.05) is 9.80 Å². The minimum atomic E-state index is -1.07. The monoisotopic (exact) mass is 1250 g/mol. The fourth-order valence-corrected chi connectivity index (χ4v) is 11.3. The Labute approximate surface area is 530 Å². The van der Waals surface area contributed by atoms with Gasteiger partial charge in [-0.3, -0.25) is 38.4 Å². The number of carbonyl (C=O) groups is 2. The second-order valence-corrected chi connectivity index (χ2v) is 22.8. The second-order valence-electron chi connectivity index (χ2n) is 22.8.